The Hall–Kier alpha value is -1.26. The highest BCUT2D eigenvalue weighted by Crippen LogP contribution is 2.20. The highest BCUT2D eigenvalue weighted by molar-refractivity contribution is 5.94. The van der Waals surface area contributed by atoms with Crippen LogP contribution in [-0.4, -0.2) is 44.1 Å². The number of carbonyl (C=O) groups is 1. The summed E-state index contributed by atoms with van der Waals surface area (Å²) in [6.45, 7) is 5.31. The van der Waals surface area contributed by atoms with Gasteiger partial charge in [-0.3, -0.25) is 4.79 Å². The van der Waals surface area contributed by atoms with Crippen LogP contribution in [0, 0.1) is 5.92 Å². The summed E-state index contributed by atoms with van der Waals surface area (Å²) in [6, 6.07) is 7.47. The maximum atomic E-state index is 12.5. The van der Waals surface area contributed by atoms with Crippen molar-refractivity contribution in [1.29, 1.82) is 0 Å². The Bertz CT molecular complexity index is 446. The van der Waals surface area contributed by atoms with Gasteiger partial charge in [0.05, 0.1) is 6.61 Å². The molecule has 1 heterocycles. The minimum atomic E-state index is 0. The molecule has 0 bridgehead atoms. The molecule has 0 saturated carbocycles. The molecule has 0 radical (unpaired) electrons. The largest absolute Gasteiger partial charge is 0.494 e. The van der Waals surface area contributed by atoms with Gasteiger partial charge in [0.1, 0.15) is 5.75 Å². The van der Waals surface area contributed by atoms with Crippen LogP contribution in [0.3, 0.4) is 0 Å². The van der Waals surface area contributed by atoms with Gasteiger partial charge in [-0.15, -0.1) is 12.4 Å². The monoisotopic (exact) mass is 312 g/mol. The molecular weight excluding hydrogens is 288 g/mol. The Kier molecular flexibility index (Phi) is 7.54. The topological polar surface area (TPSA) is 41.6 Å². The number of halogens is 1. The van der Waals surface area contributed by atoms with Crippen LogP contribution in [0.1, 0.15) is 30.1 Å². The molecule has 0 aliphatic carbocycles. The lowest BCUT2D eigenvalue weighted by molar-refractivity contribution is 0.0690. The van der Waals surface area contributed by atoms with Crippen molar-refractivity contribution in [2.24, 2.45) is 5.92 Å². The maximum absolute atomic E-state index is 12.5. The minimum Gasteiger partial charge on any atom is -0.494 e. The molecule has 0 atom stereocenters. The number of ether oxygens (including phenoxy) is 1. The number of nitrogens with zero attached hydrogens (tertiary/aromatic N) is 1. The van der Waals surface area contributed by atoms with E-state index in [0.29, 0.717) is 12.5 Å². The van der Waals surface area contributed by atoms with Gasteiger partial charge in [0.2, 0.25) is 0 Å². The molecule has 1 saturated heterocycles. The second-order valence-corrected chi connectivity index (χ2v) is 5.25. The fourth-order valence-corrected chi connectivity index (χ4v) is 2.70. The van der Waals surface area contributed by atoms with Crippen LogP contribution < -0.4 is 10.1 Å². The van der Waals surface area contributed by atoms with Gasteiger partial charge in [0.15, 0.2) is 0 Å². The summed E-state index contributed by atoms with van der Waals surface area (Å²) in [5.74, 6) is 1.58. The van der Waals surface area contributed by atoms with Crippen molar-refractivity contribution in [3.8, 4) is 5.75 Å². The molecule has 1 aromatic rings. The Morgan fingerprint density at radius 3 is 2.71 bits per heavy atom. The summed E-state index contributed by atoms with van der Waals surface area (Å²) < 4.78 is 5.45. The van der Waals surface area contributed by atoms with E-state index in [0.717, 1.165) is 43.8 Å². The zero-order valence-electron chi connectivity index (χ0n) is 12.8. The lowest BCUT2D eigenvalue weighted by Crippen LogP contribution is -2.40. The molecule has 1 fully saturated rings. The first-order valence-corrected chi connectivity index (χ1v) is 7.41. The summed E-state index contributed by atoms with van der Waals surface area (Å²) in [5.41, 5.74) is 0.725. The predicted octanol–water partition coefficient (Wildman–Crippen LogP) is 2.58. The van der Waals surface area contributed by atoms with E-state index in [9.17, 15) is 4.79 Å². The molecule has 0 unspecified atom stereocenters. The molecule has 5 heteroatoms. The summed E-state index contributed by atoms with van der Waals surface area (Å²) in [5, 5.41) is 3.21. The van der Waals surface area contributed by atoms with Crippen LogP contribution in [0.25, 0.3) is 0 Å². The first kappa shape index (κ1) is 17.8. The predicted molar refractivity (Wildman–Crippen MR) is 87.4 cm³/mol. The third-order valence-corrected chi connectivity index (χ3v) is 3.79. The number of hydrogen-bond donors (Lipinski definition) is 1. The lowest BCUT2D eigenvalue weighted by Gasteiger charge is -2.32. The zero-order chi connectivity index (χ0) is 14.4. The molecule has 1 amide bonds. The molecule has 2 rings (SSSR count). The Morgan fingerprint density at radius 2 is 2.10 bits per heavy atom. The summed E-state index contributed by atoms with van der Waals surface area (Å²) in [7, 11) is 1.98. The fraction of sp³-hybridized carbons (Fsp3) is 0.562. The standard InChI is InChI=1S/C16H24N2O2.ClH/c1-3-20-15-6-4-5-14(11-15)16(19)18-9-7-13(8-10-18)12-17-2;/h4-6,11,13,17H,3,7-10,12H2,1-2H3;1H. The van der Waals surface area contributed by atoms with E-state index in [4.69, 9.17) is 4.74 Å². The molecule has 1 aliphatic rings. The van der Waals surface area contributed by atoms with Gasteiger partial charge >= 0.3 is 0 Å². The first-order chi connectivity index (χ1) is 9.74. The van der Waals surface area contributed by atoms with E-state index in [1.54, 1.807) is 0 Å². The summed E-state index contributed by atoms with van der Waals surface area (Å²) in [6.07, 6.45) is 2.16. The number of benzene rings is 1. The third kappa shape index (κ3) is 4.90. The van der Waals surface area contributed by atoms with Crippen LogP contribution >= 0.6 is 12.4 Å². The van der Waals surface area contributed by atoms with Crippen molar-refractivity contribution < 1.29 is 9.53 Å². The zero-order valence-corrected chi connectivity index (χ0v) is 13.6. The van der Waals surface area contributed by atoms with Crippen molar-refractivity contribution in [3.63, 3.8) is 0 Å². The molecular formula is C16H25ClN2O2. The molecule has 1 aromatic carbocycles. The maximum Gasteiger partial charge on any atom is 0.253 e. The molecule has 21 heavy (non-hydrogen) atoms. The quantitative estimate of drug-likeness (QED) is 0.908. The van der Waals surface area contributed by atoms with Gasteiger partial charge in [-0.2, -0.15) is 0 Å². The summed E-state index contributed by atoms with van der Waals surface area (Å²) >= 11 is 0. The number of likely N-dealkylation sites (tertiary alicyclic amines) is 1. The molecule has 118 valence electrons. The van der Waals surface area contributed by atoms with E-state index in [1.807, 2.05) is 43.1 Å². The highest BCUT2D eigenvalue weighted by atomic mass is 35.5. The van der Waals surface area contributed by atoms with Gasteiger partial charge in [0.25, 0.3) is 5.91 Å². The second-order valence-electron chi connectivity index (χ2n) is 5.25. The van der Waals surface area contributed by atoms with E-state index in [2.05, 4.69) is 5.32 Å². The SMILES string of the molecule is CCOc1cccc(C(=O)N2CCC(CNC)CC2)c1.Cl. The van der Waals surface area contributed by atoms with Crippen molar-refractivity contribution in [2.45, 2.75) is 19.8 Å². The van der Waals surface area contributed by atoms with E-state index in [1.165, 1.54) is 0 Å². The van der Waals surface area contributed by atoms with Crippen LogP contribution in [0.4, 0.5) is 0 Å². The molecule has 1 aliphatic heterocycles. The highest BCUT2D eigenvalue weighted by Gasteiger charge is 2.23. The van der Waals surface area contributed by atoms with E-state index in [-0.39, 0.29) is 18.3 Å². The Labute approximate surface area is 133 Å². The van der Waals surface area contributed by atoms with Gasteiger partial charge in [0, 0.05) is 18.7 Å². The van der Waals surface area contributed by atoms with Gasteiger partial charge in [-0.05, 0) is 57.5 Å². The molecule has 0 aromatic heterocycles. The van der Waals surface area contributed by atoms with Crippen LogP contribution in [0.15, 0.2) is 24.3 Å². The average Bonchev–Trinajstić information content (AvgIpc) is 2.48. The lowest BCUT2D eigenvalue weighted by atomic mass is 9.96. The number of hydrogen-bond acceptors (Lipinski definition) is 3. The third-order valence-electron chi connectivity index (χ3n) is 3.79. The number of rotatable bonds is 5. The van der Waals surface area contributed by atoms with Crippen molar-refractivity contribution in [3.05, 3.63) is 29.8 Å². The van der Waals surface area contributed by atoms with Gasteiger partial charge in [-0.25, -0.2) is 0 Å². The normalized spacial score (nSPS) is 15.4. The summed E-state index contributed by atoms with van der Waals surface area (Å²) in [4.78, 5) is 14.4. The molecule has 1 N–H and O–H groups in total. The average molecular weight is 313 g/mol. The smallest absolute Gasteiger partial charge is 0.253 e. The minimum absolute atomic E-state index is 0. The van der Waals surface area contributed by atoms with E-state index < -0.39 is 0 Å². The fourth-order valence-electron chi connectivity index (χ4n) is 2.70. The number of amides is 1. The van der Waals surface area contributed by atoms with Crippen molar-refractivity contribution in [2.75, 3.05) is 33.3 Å². The van der Waals surface area contributed by atoms with Crippen molar-refractivity contribution in [1.82, 2.24) is 10.2 Å². The number of piperidine rings is 1. The van der Waals surface area contributed by atoms with Gasteiger partial charge < -0.3 is 15.0 Å². The number of nitrogens with one attached hydrogen (secondary N) is 1. The second kappa shape index (κ2) is 8.90. The van der Waals surface area contributed by atoms with Crippen LogP contribution in [0.5, 0.6) is 5.75 Å². The van der Waals surface area contributed by atoms with Gasteiger partial charge in [-0.1, -0.05) is 6.07 Å². The molecule has 4 nitrogen and oxygen atoms in total. The molecule has 0 spiro atoms. The van der Waals surface area contributed by atoms with E-state index >= 15 is 0 Å². The first-order valence-electron chi connectivity index (χ1n) is 7.41. The number of carbonyl (C=O) groups excluding carboxylic acids is 1. The Balaban J connectivity index is 0.00000220. The Morgan fingerprint density at radius 1 is 1.38 bits per heavy atom. The van der Waals surface area contributed by atoms with Crippen LogP contribution in [0.2, 0.25) is 0 Å². The van der Waals surface area contributed by atoms with Crippen molar-refractivity contribution >= 4 is 18.3 Å². The van der Waals surface area contributed by atoms with Crippen LogP contribution in [-0.2, 0) is 0 Å².